The number of aromatic nitrogens is 2. The number of carbonyl (C=O) groups excluding carboxylic acids is 2. The second-order valence-electron chi connectivity index (χ2n) is 10.6. The third-order valence-corrected chi connectivity index (χ3v) is 8.17. The van der Waals surface area contributed by atoms with E-state index in [9.17, 15) is 23.5 Å². The Labute approximate surface area is 246 Å². The molecule has 2 fully saturated rings. The maximum absolute atomic E-state index is 14.6. The summed E-state index contributed by atoms with van der Waals surface area (Å²) in [7, 11) is 2.81. The molecule has 1 unspecified atom stereocenters. The molecule has 1 saturated carbocycles. The van der Waals surface area contributed by atoms with Crippen molar-refractivity contribution in [2.75, 3.05) is 25.5 Å². The van der Waals surface area contributed by atoms with Crippen molar-refractivity contribution in [1.29, 1.82) is 0 Å². The standard InChI is InChI=1S/C29H33ClF2N6O4/c1-38-22(20-5-6-23(42-2)25(32)24(20)31)14-34-26(38)29(41)35-16-3-4-19(21(30)13-16)28(40)37-18-11-17(12-18)36-27(39)15-7-9-33-10-8-15/h3-6,13-15,17-18,29,33,35,41H,7-12H2,1-2H3,(H,36,39)(H,37,40)/t17-,18+,29?. The lowest BCUT2D eigenvalue weighted by atomic mass is 9.85. The highest BCUT2D eigenvalue weighted by Gasteiger charge is 2.33. The lowest BCUT2D eigenvalue weighted by molar-refractivity contribution is -0.127. The zero-order valence-corrected chi connectivity index (χ0v) is 24.0. The van der Waals surface area contributed by atoms with Gasteiger partial charge in [-0.3, -0.25) is 9.59 Å². The van der Waals surface area contributed by atoms with Gasteiger partial charge in [-0.05, 0) is 69.1 Å². The van der Waals surface area contributed by atoms with Gasteiger partial charge in [0.2, 0.25) is 11.7 Å². The molecule has 2 aliphatic rings. The number of imidazole rings is 1. The minimum Gasteiger partial charge on any atom is -0.494 e. The average molecular weight is 603 g/mol. The van der Waals surface area contributed by atoms with Crippen LogP contribution in [0.25, 0.3) is 11.3 Å². The SMILES string of the molecule is COc1ccc(-c2cnc(C(O)Nc3ccc(C(=O)N[C@H]4C[C@@H](NC(=O)C5CCNCC5)C4)c(Cl)c3)n2C)c(F)c1F. The number of amides is 2. The number of rotatable bonds is 9. The third-order valence-electron chi connectivity index (χ3n) is 7.86. The van der Waals surface area contributed by atoms with E-state index >= 15 is 0 Å². The van der Waals surface area contributed by atoms with E-state index in [1.165, 1.54) is 36.1 Å². The maximum Gasteiger partial charge on any atom is 0.253 e. The van der Waals surface area contributed by atoms with E-state index in [4.69, 9.17) is 16.3 Å². The van der Waals surface area contributed by atoms with Gasteiger partial charge in [-0.15, -0.1) is 0 Å². The fraction of sp³-hybridized carbons (Fsp3) is 0.414. The molecule has 5 N–H and O–H groups in total. The number of carbonyl (C=O) groups is 2. The fourth-order valence-electron chi connectivity index (χ4n) is 5.35. The van der Waals surface area contributed by atoms with Crippen LogP contribution in [0.4, 0.5) is 14.5 Å². The van der Waals surface area contributed by atoms with Crippen molar-refractivity contribution in [2.24, 2.45) is 13.0 Å². The lowest BCUT2D eigenvalue weighted by Crippen LogP contribution is -2.55. The number of nitrogens with one attached hydrogen (secondary N) is 4. The summed E-state index contributed by atoms with van der Waals surface area (Å²) in [6.07, 6.45) is 3.00. The van der Waals surface area contributed by atoms with E-state index in [-0.39, 0.29) is 63.2 Å². The molecule has 5 rings (SSSR count). The van der Waals surface area contributed by atoms with Crippen LogP contribution in [0, 0.1) is 17.6 Å². The quantitative estimate of drug-likeness (QED) is 0.237. The number of halogens is 3. The summed E-state index contributed by atoms with van der Waals surface area (Å²) < 4.78 is 35.1. The average Bonchev–Trinajstić information content (AvgIpc) is 3.34. The van der Waals surface area contributed by atoms with Crippen LogP contribution in [0.2, 0.25) is 5.02 Å². The third kappa shape index (κ3) is 6.20. The first-order valence-corrected chi connectivity index (χ1v) is 14.1. The summed E-state index contributed by atoms with van der Waals surface area (Å²) in [6.45, 7) is 1.71. The van der Waals surface area contributed by atoms with Gasteiger partial charge < -0.3 is 35.7 Å². The molecule has 3 aromatic rings. The van der Waals surface area contributed by atoms with Gasteiger partial charge in [-0.1, -0.05) is 11.6 Å². The van der Waals surface area contributed by atoms with Gasteiger partial charge in [0.1, 0.15) is 0 Å². The van der Waals surface area contributed by atoms with Crippen LogP contribution in [0.1, 0.15) is 48.1 Å². The zero-order chi connectivity index (χ0) is 30.0. The monoisotopic (exact) mass is 602 g/mol. The number of hydrogen-bond donors (Lipinski definition) is 5. The first-order valence-electron chi connectivity index (χ1n) is 13.8. The predicted octanol–water partition coefficient (Wildman–Crippen LogP) is 3.51. The van der Waals surface area contributed by atoms with Crippen molar-refractivity contribution >= 4 is 29.1 Å². The van der Waals surface area contributed by atoms with Crippen LogP contribution in [0.3, 0.4) is 0 Å². The van der Waals surface area contributed by atoms with Crippen molar-refractivity contribution in [2.45, 2.75) is 44.0 Å². The summed E-state index contributed by atoms with van der Waals surface area (Å²) in [5.41, 5.74) is 0.899. The molecule has 10 nitrogen and oxygen atoms in total. The molecular formula is C29H33ClF2N6O4. The first kappa shape index (κ1) is 29.7. The normalized spacial score (nSPS) is 19.5. The predicted molar refractivity (Wildman–Crippen MR) is 153 cm³/mol. The van der Waals surface area contributed by atoms with Crippen LogP contribution in [0.5, 0.6) is 5.75 Å². The number of anilines is 1. The minimum absolute atomic E-state index is 0.0397. The molecule has 0 spiro atoms. The van der Waals surface area contributed by atoms with Crippen LogP contribution in [0.15, 0.2) is 36.5 Å². The minimum atomic E-state index is -1.32. The van der Waals surface area contributed by atoms with E-state index in [2.05, 4.69) is 26.3 Å². The van der Waals surface area contributed by atoms with E-state index in [0.717, 1.165) is 25.9 Å². The van der Waals surface area contributed by atoms with Crippen LogP contribution >= 0.6 is 11.6 Å². The zero-order valence-electron chi connectivity index (χ0n) is 23.2. The molecule has 2 amide bonds. The first-order chi connectivity index (χ1) is 20.2. The van der Waals surface area contributed by atoms with Gasteiger partial charge in [-0.25, -0.2) is 9.37 Å². The van der Waals surface area contributed by atoms with Crippen molar-refractivity contribution in [1.82, 2.24) is 25.5 Å². The molecule has 1 aliphatic carbocycles. The molecule has 1 aromatic heterocycles. The Morgan fingerprint density at radius 3 is 2.52 bits per heavy atom. The number of piperidine rings is 1. The van der Waals surface area contributed by atoms with E-state index < -0.39 is 17.9 Å². The molecule has 42 heavy (non-hydrogen) atoms. The van der Waals surface area contributed by atoms with Gasteiger partial charge in [0.25, 0.3) is 5.91 Å². The van der Waals surface area contributed by atoms with Crippen LogP contribution < -0.4 is 26.0 Å². The van der Waals surface area contributed by atoms with Gasteiger partial charge >= 0.3 is 0 Å². The Balaban J connectivity index is 1.16. The number of nitrogens with zero attached hydrogens (tertiary/aromatic N) is 2. The molecule has 1 aliphatic heterocycles. The number of ether oxygens (including phenoxy) is 1. The molecule has 13 heteroatoms. The van der Waals surface area contributed by atoms with Gasteiger partial charge in [0, 0.05) is 36.3 Å². The number of hydrogen-bond acceptors (Lipinski definition) is 7. The molecule has 2 heterocycles. The second kappa shape index (κ2) is 12.6. The molecule has 0 radical (unpaired) electrons. The smallest absolute Gasteiger partial charge is 0.253 e. The van der Waals surface area contributed by atoms with E-state index in [0.29, 0.717) is 18.5 Å². The molecule has 224 valence electrons. The van der Waals surface area contributed by atoms with Gasteiger partial charge in [-0.2, -0.15) is 4.39 Å². The summed E-state index contributed by atoms with van der Waals surface area (Å²) in [6, 6.07) is 7.31. The van der Waals surface area contributed by atoms with E-state index in [1.807, 2.05) is 0 Å². The Morgan fingerprint density at radius 2 is 1.83 bits per heavy atom. The Hall–Kier alpha value is -3.74. The molecule has 0 bridgehead atoms. The summed E-state index contributed by atoms with van der Waals surface area (Å²) in [5.74, 6) is -2.48. The molecular weight excluding hydrogens is 570 g/mol. The van der Waals surface area contributed by atoms with Crippen molar-refractivity contribution in [3.8, 4) is 17.0 Å². The number of benzene rings is 2. The highest BCUT2D eigenvalue weighted by Crippen LogP contribution is 2.31. The van der Waals surface area contributed by atoms with Crippen molar-refractivity contribution < 1.29 is 28.2 Å². The highest BCUT2D eigenvalue weighted by atomic mass is 35.5. The maximum atomic E-state index is 14.6. The lowest BCUT2D eigenvalue weighted by Gasteiger charge is -2.37. The summed E-state index contributed by atoms with van der Waals surface area (Å²) in [5, 5.41) is 23.1. The van der Waals surface area contributed by atoms with Gasteiger partial charge in [0.15, 0.2) is 23.6 Å². The number of aliphatic hydroxyl groups is 1. The van der Waals surface area contributed by atoms with Crippen molar-refractivity contribution in [3.63, 3.8) is 0 Å². The fourth-order valence-corrected chi connectivity index (χ4v) is 5.61. The Bertz CT molecular complexity index is 1470. The van der Waals surface area contributed by atoms with Crippen LogP contribution in [-0.2, 0) is 11.8 Å². The van der Waals surface area contributed by atoms with E-state index in [1.54, 1.807) is 19.2 Å². The topological polar surface area (TPSA) is 130 Å². The Kier molecular flexibility index (Phi) is 8.95. The molecule has 2 aromatic carbocycles. The molecule has 1 atom stereocenters. The largest absolute Gasteiger partial charge is 0.494 e. The second-order valence-corrected chi connectivity index (χ2v) is 11.0. The van der Waals surface area contributed by atoms with Crippen molar-refractivity contribution in [3.05, 3.63) is 64.6 Å². The molecule has 1 saturated heterocycles. The number of aliphatic hydroxyl groups excluding tert-OH is 1. The Morgan fingerprint density at radius 1 is 1.12 bits per heavy atom. The van der Waals surface area contributed by atoms with Crippen LogP contribution in [-0.4, -0.2) is 58.8 Å². The van der Waals surface area contributed by atoms with Gasteiger partial charge in [0.05, 0.1) is 29.6 Å². The highest BCUT2D eigenvalue weighted by molar-refractivity contribution is 6.34. The number of methoxy groups -OCH3 is 1. The summed E-state index contributed by atoms with van der Waals surface area (Å²) in [4.78, 5) is 29.4. The summed E-state index contributed by atoms with van der Waals surface area (Å²) >= 11 is 6.40.